The molecule has 0 aliphatic rings. The van der Waals surface area contributed by atoms with Crippen molar-refractivity contribution in [2.24, 2.45) is 0 Å². The van der Waals surface area contributed by atoms with E-state index >= 15 is 0 Å². The zero-order valence-corrected chi connectivity index (χ0v) is 44.8. The molecule has 0 spiro atoms. The van der Waals surface area contributed by atoms with Gasteiger partial charge in [0.2, 0.25) is 0 Å². The van der Waals surface area contributed by atoms with Gasteiger partial charge >= 0.3 is 17.9 Å². The molecule has 0 bridgehead atoms. The molecular weight excluding hydrogens is 853 g/mol. The molecule has 6 heteroatoms. The molecule has 0 N–H and O–H groups in total. The van der Waals surface area contributed by atoms with Gasteiger partial charge in [0.05, 0.1) is 0 Å². The molecule has 0 unspecified atom stereocenters. The lowest BCUT2D eigenvalue weighted by molar-refractivity contribution is -0.167. The molecule has 0 aliphatic carbocycles. The van der Waals surface area contributed by atoms with Crippen molar-refractivity contribution in [3.63, 3.8) is 0 Å². The van der Waals surface area contributed by atoms with E-state index in [1.54, 1.807) is 0 Å². The third-order valence-corrected chi connectivity index (χ3v) is 11.7. The largest absolute Gasteiger partial charge is 0.462 e. The van der Waals surface area contributed by atoms with Crippen molar-refractivity contribution < 1.29 is 28.6 Å². The number of allylic oxidation sites excluding steroid dienone is 18. The number of carbonyl (C=O) groups is 3. The maximum Gasteiger partial charge on any atom is 0.306 e. The van der Waals surface area contributed by atoms with Crippen molar-refractivity contribution >= 4 is 17.9 Å². The summed E-state index contributed by atoms with van der Waals surface area (Å²) in [6, 6.07) is 0. The van der Waals surface area contributed by atoms with E-state index in [1.807, 2.05) is 0 Å². The Morgan fingerprint density at radius 3 is 0.957 bits per heavy atom. The SMILES string of the molecule is CC/C=C\C/C=C\C/C=C\C/C=C\C/C=C\CCCCCC(=O)OC[C@H](COC(=O)CCCCCCC/C=C\CCCCCCCC)OC(=O)CCC/C=C\C/C=C\C/C=C\CCCCCCCC. The predicted molar refractivity (Wildman–Crippen MR) is 297 cm³/mol. The summed E-state index contributed by atoms with van der Waals surface area (Å²) in [5.41, 5.74) is 0. The molecule has 0 aromatic heterocycles. The summed E-state index contributed by atoms with van der Waals surface area (Å²) in [6.07, 6.45) is 76.5. The van der Waals surface area contributed by atoms with Gasteiger partial charge in [-0.25, -0.2) is 0 Å². The first-order chi connectivity index (χ1) is 34.0. The Bertz CT molecular complexity index is 1420. The summed E-state index contributed by atoms with van der Waals surface area (Å²) < 4.78 is 16.8. The van der Waals surface area contributed by atoms with Crippen LogP contribution in [0, 0.1) is 0 Å². The van der Waals surface area contributed by atoms with E-state index in [1.165, 1.54) is 96.3 Å². The number of hydrogen-bond donors (Lipinski definition) is 0. The third-order valence-electron chi connectivity index (χ3n) is 11.7. The minimum atomic E-state index is -0.824. The van der Waals surface area contributed by atoms with Crippen molar-refractivity contribution in [3.8, 4) is 0 Å². The number of rotatable bonds is 50. The smallest absolute Gasteiger partial charge is 0.306 e. The highest BCUT2D eigenvalue weighted by atomic mass is 16.6. The third kappa shape index (κ3) is 54.9. The Hall–Kier alpha value is -3.93. The summed E-state index contributed by atoms with van der Waals surface area (Å²) in [5.74, 6) is -1.01. The van der Waals surface area contributed by atoms with Crippen molar-refractivity contribution in [2.75, 3.05) is 13.2 Å². The average Bonchev–Trinajstić information content (AvgIpc) is 3.35. The molecule has 0 saturated heterocycles. The van der Waals surface area contributed by atoms with Gasteiger partial charge in [0.1, 0.15) is 13.2 Å². The van der Waals surface area contributed by atoms with E-state index in [2.05, 4.69) is 130 Å². The minimum Gasteiger partial charge on any atom is -0.462 e. The highest BCUT2D eigenvalue weighted by Gasteiger charge is 2.19. The normalized spacial score (nSPS) is 12.9. The fourth-order valence-corrected chi connectivity index (χ4v) is 7.48. The van der Waals surface area contributed by atoms with Crippen LogP contribution in [0.1, 0.15) is 252 Å². The van der Waals surface area contributed by atoms with Gasteiger partial charge in [0, 0.05) is 19.3 Å². The molecule has 1 atom stereocenters. The Balaban J connectivity index is 4.55. The summed E-state index contributed by atoms with van der Waals surface area (Å²) in [4.78, 5) is 38.1. The lowest BCUT2D eigenvalue weighted by atomic mass is 10.1. The van der Waals surface area contributed by atoms with Gasteiger partial charge in [-0.3, -0.25) is 14.4 Å². The lowest BCUT2D eigenvalue weighted by Crippen LogP contribution is -2.30. The zero-order chi connectivity index (χ0) is 50.0. The highest BCUT2D eigenvalue weighted by Crippen LogP contribution is 2.13. The van der Waals surface area contributed by atoms with Crippen LogP contribution < -0.4 is 0 Å². The molecule has 0 radical (unpaired) electrons. The standard InChI is InChI=1S/C63H104O6/c1-4-7-10-13-16-19-22-25-28-30-31-33-35-38-41-44-47-50-53-56-62(65)68-59-60(58-67-61(64)55-52-49-46-43-40-37-34-27-24-21-18-15-12-9-6-3)69-63(66)57-54-51-48-45-42-39-36-32-29-26-23-20-17-14-11-8-5-2/h7,10,16,19,25-29,31,33-34,36,38-39,41,45,48,60H,4-6,8-9,11-15,17-18,20-24,30,32,35,37,40,42-44,46-47,49-59H2,1-3H3/b10-7-,19-16-,28-25-,29-26-,33-31-,34-27-,39-36-,41-38-,48-45-/t60-/m0/s1. The van der Waals surface area contributed by atoms with Crippen LogP contribution in [0.3, 0.4) is 0 Å². The van der Waals surface area contributed by atoms with Crippen LogP contribution in [0.15, 0.2) is 109 Å². The molecule has 0 aromatic carbocycles. The van der Waals surface area contributed by atoms with Gasteiger partial charge in [0.15, 0.2) is 6.10 Å². The van der Waals surface area contributed by atoms with Crippen molar-refractivity contribution in [2.45, 2.75) is 258 Å². The van der Waals surface area contributed by atoms with Crippen molar-refractivity contribution in [3.05, 3.63) is 109 Å². The number of ether oxygens (including phenoxy) is 3. The zero-order valence-electron chi connectivity index (χ0n) is 44.8. The second kappa shape index (κ2) is 56.7. The summed E-state index contributed by atoms with van der Waals surface area (Å²) in [5, 5.41) is 0. The van der Waals surface area contributed by atoms with E-state index in [9.17, 15) is 14.4 Å². The lowest BCUT2D eigenvalue weighted by Gasteiger charge is -2.18. The van der Waals surface area contributed by atoms with Crippen molar-refractivity contribution in [1.82, 2.24) is 0 Å². The summed E-state index contributed by atoms with van der Waals surface area (Å²) >= 11 is 0. The minimum absolute atomic E-state index is 0.114. The topological polar surface area (TPSA) is 78.9 Å². The van der Waals surface area contributed by atoms with Gasteiger partial charge in [-0.15, -0.1) is 0 Å². The van der Waals surface area contributed by atoms with Crippen molar-refractivity contribution in [1.29, 1.82) is 0 Å². The fraction of sp³-hybridized carbons (Fsp3) is 0.667. The van der Waals surface area contributed by atoms with Gasteiger partial charge in [-0.05, 0) is 122 Å². The molecule has 0 fully saturated rings. The number of esters is 3. The van der Waals surface area contributed by atoms with E-state index in [0.717, 1.165) is 109 Å². The van der Waals surface area contributed by atoms with Crippen LogP contribution in [0.25, 0.3) is 0 Å². The van der Waals surface area contributed by atoms with Gasteiger partial charge in [-0.2, -0.15) is 0 Å². The van der Waals surface area contributed by atoms with Crippen LogP contribution in [-0.4, -0.2) is 37.2 Å². The molecule has 392 valence electrons. The molecule has 69 heavy (non-hydrogen) atoms. The van der Waals surface area contributed by atoms with Gasteiger partial charge < -0.3 is 14.2 Å². The fourth-order valence-electron chi connectivity index (χ4n) is 7.48. The van der Waals surface area contributed by atoms with E-state index in [4.69, 9.17) is 14.2 Å². The quantitative estimate of drug-likeness (QED) is 0.0262. The molecule has 0 saturated carbocycles. The molecule has 0 aliphatic heterocycles. The van der Waals surface area contributed by atoms with Gasteiger partial charge in [0.25, 0.3) is 0 Å². The summed E-state index contributed by atoms with van der Waals surface area (Å²) in [6.45, 7) is 6.43. The highest BCUT2D eigenvalue weighted by molar-refractivity contribution is 5.71. The van der Waals surface area contributed by atoms with Crippen LogP contribution in [-0.2, 0) is 28.6 Å². The predicted octanol–water partition coefficient (Wildman–Crippen LogP) is 19.1. The van der Waals surface area contributed by atoms with E-state index in [-0.39, 0.29) is 37.5 Å². The molecule has 0 amide bonds. The Morgan fingerprint density at radius 2 is 0.580 bits per heavy atom. The van der Waals surface area contributed by atoms with E-state index < -0.39 is 6.10 Å². The van der Waals surface area contributed by atoms with Crippen LogP contribution in [0.2, 0.25) is 0 Å². The van der Waals surface area contributed by atoms with E-state index in [0.29, 0.717) is 19.3 Å². The van der Waals surface area contributed by atoms with Crippen LogP contribution in [0.4, 0.5) is 0 Å². The second-order valence-corrected chi connectivity index (χ2v) is 18.5. The number of hydrogen-bond acceptors (Lipinski definition) is 6. The molecule has 0 aromatic rings. The number of unbranched alkanes of at least 4 members (excludes halogenated alkanes) is 21. The second-order valence-electron chi connectivity index (χ2n) is 18.5. The first-order valence-corrected chi connectivity index (χ1v) is 28.4. The first kappa shape index (κ1) is 65.1. The molecular formula is C63H104O6. The Kier molecular flexibility index (Phi) is 53.4. The Morgan fingerprint density at radius 1 is 0.304 bits per heavy atom. The molecule has 0 rings (SSSR count). The monoisotopic (exact) mass is 957 g/mol. The average molecular weight is 958 g/mol. The molecule has 0 heterocycles. The molecule has 6 nitrogen and oxygen atoms in total. The van der Waals surface area contributed by atoms with Gasteiger partial charge in [-0.1, -0.05) is 220 Å². The maximum atomic E-state index is 12.8. The first-order valence-electron chi connectivity index (χ1n) is 28.4. The maximum absolute atomic E-state index is 12.8. The Labute approximate surface area is 425 Å². The summed E-state index contributed by atoms with van der Waals surface area (Å²) in [7, 11) is 0. The van der Waals surface area contributed by atoms with Crippen LogP contribution in [0.5, 0.6) is 0 Å². The van der Waals surface area contributed by atoms with Crippen LogP contribution >= 0.6 is 0 Å². The number of carbonyl (C=O) groups excluding carboxylic acids is 3.